The van der Waals surface area contributed by atoms with E-state index >= 15 is 0 Å². The van der Waals surface area contributed by atoms with E-state index in [0.29, 0.717) is 11.5 Å². The SMILES string of the molecule is Nc1nc(Nc2ccc(OC(F)F)cc2)c2ccsc2n1. The Kier molecular flexibility index (Phi) is 3.53. The van der Waals surface area contributed by atoms with Gasteiger partial charge in [0.25, 0.3) is 0 Å². The molecule has 0 saturated heterocycles. The number of hydrogen-bond acceptors (Lipinski definition) is 6. The molecule has 0 unspecified atom stereocenters. The molecule has 5 nitrogen and oxygen atoms in total. The monoisotopic (exact) mass is 308 g/mol. The van der Waals surface area contributed by atoms with Gasteiger partial charge >= 0.3 is 6.61 Å². The summed E-state index contributed by atoms with van der Waals surface area (Å²) in [6, 6.07) is 8.02. The van der Waals surface area contributed by atoms with Crippen LogP contribution >= 0.6 is 11.3 Å². The minimum atomic E-state index is -2.84. The predicted molar refractivity (Wildman–Crippen MR) is 78.2 cm³/mol. The maximum absolute atomic E-state index is 12.1. The van der Waals surface area contributed by atoms with E-state index in [1.54, 1.807) is 12.1 Å². The molecule has 8 heteroatoms. The van der Waals surface area contributed by atoms with Crippen LogP contribution in [0.4, 0.5) is 26.2 Å². The Bertz CT molecular complexity index is 760. The standard InChI is InChI=1S/C13H10F2N4OS/c14-12(15)20-8-3-1-7(2-4-8)17-10-9-5-6-21-11(9)19-13(16)18-10/h1-6,12H,(H3,16,17,18,19). The number of ether oxygens (including phenoxy) is 1. The van der Waals surface area contributed by atoms with E-state index in [4.69, 9.17) is 5.73 Å². The number of hydrogen-bond donors (Lipinski definition) is 2. The molecule has 0 fully saturated rings. The second-order valence-electron chi connectivity index (χ2n) is 4.10. The van der Waals surface area contributed by atoms with Crippen LogP contribution in [-0.2, 0) is 0 Å². The number of halogens is 2. The first-order chi connectivity index (χ1) is 10.1. The summed E-state index contributed by atoms with van der Waals surface area (Å²) < 4.78 is 28.5. The second-order valence-corrected chi connectivity index (χ2v) is 4.99. The Hall–Kier alpha value is -2.48. The van der Waals surface area contributed by atoms with E-state index in [1.165, 1.54) is 23.5 Å². The number of nitrogens with one attached hydrogen (secondary N) is 1. The molecule has 0 aliphatic heterocycles. The van der Waals surface area contributed by atoms with Crippen molar-refractivity contribution < 1.29 is 13.5 Å². The van der Waals surface area contributed by atoms with Gasteiger partial charge < -0.3 is 15.8 Å². The Morgan fingerprint density at radius 3 is 2.62 bits per heavy atom. The lowest BCUT2D eigenvalue weighted by atomic mass is 10.3. The molecule has 0 atom stereocenters. The molecule has 108 valence electrons. The Labute approximate surface area is 122 Å². The van der Waals surface area contributed by atoms with Gasteiger partial charge in [-0.3, -0.25) is 0 Å². The summed E-state index contributed by atoms with van der Waals surface area (Å²) in [6.07, 6.45) is 0. The van der Waals surface area contributed by atoms with E-state index < -0.39 is 6.61 Å². The van der Waals surface area contributed by atoms with E-state index in [9.17, 15) is 8.78 Å². The van der Waals surface area contributed by atoms with Gasteiger partial charge in [0.05, 0.1) is 5.39 Å². The molecule has 0 aliphatic rings. The van der Waals surface area contributed by atoms with Gasteiger partial charge in [0.1, 0.15) is 16.4 Å². The van der Waals surface area contributed by atoms with Crippen molar-refractivity contribution in [1.29, 1.82) is 0 Å². The summed E-state index contributed by atoms with van der Waals surface area (Å²) in [4.78, 5) is 9.06. The first-order valence-electron chi connectivity index (χ1n) is 5.94. The molecular formula is C13H10F2N4OS. The summed E-state index contributed by atoms with van der Waals surface area (Å²) in [5, 5.41) is 5.83. The molecule has 1 aromatic carbocycles. The molecule has 21 heavy (non-hydrogen) atoms. The molecule has 2 aromatic heterocycles. The lowest BCUT2D eigenvalue weighted by Crippen LogP contribution is -2.02. The molecule has 0 radical (unpaired) electrons. The third-order valence-electron chi connectivity index (χ3n) is 2.68. The topological polar surface area (TPSA) is 73.1 Å². The van der Waals surface area contributed by atoms with Crippen LogP contribution in [0, 0.1) is 0 Å². The van der Waals surface area contributed by atoms with E-state index in [2.05, 4.69) is 20.0 Å². The van der Waals surface area contributed by atoms with Crippen LogP contribution in [0.3, 0.4) is 0 Å². The van der Waals surface area contributed by atoms with Crippen LogP contribution in [0.2, 0.25) is 0 Å². The summed E-state index contributed by atoms with van der Waals surface area (Å²) in [6.45, 7) is -2.84. The van der Waals surface area contributed by atoms with Gasteiger partial charge in [-0.05, 0) is 35.7 Å². The number of nitrogens with two attached hydrogens (primary N) is 1. The van der Waals surface area contributed by atoms with Gasteiger partial charge in [-0.2, -0.15) is 13.8 Å². The fraction of sp³-hybridized carbons (Fsp3) is 0.0769. The van der Waals surface area contributed by atoms with E-state index in [1.807, 2.05) is 11.4 Å². The van der Waals surface area contributed by atoms with Crippen molar-refractivity contribution in [3.05, 3.63) is 35.7 Å². The Morgan fingerprint density at radius 1 is 1.14 bits per heavy atom. The van der Waals surface area contributed by atoms with Crippen LogP contribution in [0.25, 0.3) is 10.2 Å². The van der Waals surface area contributed by atoms with Crippen LogP contribution in [0.15, 0.2) is 35.7 Å². The van der Waals surface area contributed by atoms with Crippen molar-refractivity contribution >= 4 is 39.0 Å². The number of nitrogen functional groups attached to an aromatic ring is 1. The number of alkyl halides is 2. The highest BCUT2D eigenvalue weighted by atomic mass is 32.1. The number of anilines is 3. The maximum Gasteiger partial charge on any atom is 0.387 e. The third kappa shape index (κ3) is 3.00. The lowest BCUT2D eigenvalue weighted by Gasteiger charge is -2.09. The summed E-state index contributed by atoms with van der Waals surface area (Å²) >= 11 is 1.46. The van der Waals surface area contributed by atoms with Gasteiger partial charge in [-0.15, -0.1) is 11.3 Å². The molecule has 0 aliphatic carbocycles. The zero-order chi connectivity index (χ0) is 14.8. The zero-order valence-electron chi connectivity index (χ0n) is 10.6. The summed E-state index contributed by atoms with van der Waals surface area (Å²) in [5.74, 6) is 0.838. The van der Waals surface area contributed by atoms with Crippen LogP contribution in [0.5, 0.6) is 5.75 Å². The second kappa shape index (κ2) is 5.49. The fourth-order valence-corrected chi connectivity index (χ4v) is 2.59. The Morgan fingerprint density at radius 2 is 1.90 bits per heavy atom. The first-order valence-corrected chi connectivity index (χ1v) is 6.82. The number of rotatable bonds is 4. The average Bonchev–Trinajstić information content (AvgIpc) is 2.88. The van der Waals surface area contributed by atoms with E-state index in [0.717, 1.165) is 10.2 Å². The van der Waals surface area contributed by atoms with Crippen molar-refractivity contribution in [2.45, 2.75) is 6.61 Å². The van der Waals surface area contributed by atoms with Crippen LogP contribution < -0.4 is 15.8 Å². The maximum atomic E-state index is 12.1. The molecule has 3 rings (SSSR count). The number of thiophene rings is 1. The van der Waals surface area contributed by atoms with Crippen molar-refractivity contribution in [2.24, 2.45) is 0 Å². The molecule has 3 N–H and O–H groups in total. The highest BCUT2D eigenvalue weighted by molar-refractivity contribution is 7.16. The Balaban J connectivity index is 1.86. The highest BCUT2D eigenvalue weighted by Gasteiger charge is 2.08. The summed E-state index contributed by atoms with van der Waals surface area (Å²) in [5.41, 5.74) is 6.34. The largest absolute Gasteiger partial charge is 0.435 e. The first kappa shape index (κ1) is 13.5. The molecule has 0 amide bonds. The van der Waals surface area contributed by atoms with Gasteiger partial charge in [0, 0.05) is 5.69 Å². The molecule has 0 bridgehead atoms. The molecule has 3 aromatic rings. The number of aromatic nitrogens is 2. The fourth-order valence-electron chi connectivity index (χ4n) is 1.82. The average molecular weight is 308 g/mol. The molecule has 2 heterocycles. The predicted octanol–water partition coefficient (Wildman–Crippen LogP) is 3.62. The van der Waals surface area contributed by atoms with Crippen molar-refractivity contribution in [1.82, 2.24) is 9.97 Å². The quantitative estimate of drug-likeness (QED) is 0.770. The van der Waals surface area contributed by atoms with Crippen molar-refractivity contribution in [3.8, 4) is 5.75 Å². The lowest BCUT2D eigenvalue weighted by molar-refractivity contribution is -0.0498. The zero-order valence-corrected chi connectivity index (χ0v) is 11.4. The van der Waals surface area contributed by atoms with E-state index in [-0.39, 0.29) is 11.7 Å². The van der Waals surface area contributed by atoms with Gasteiger partial charge in [0.15, 0.2) is 0 Å². The van der Waals surface area contributed by atoms with Crippen LogP contribution in [0.1, 0.15) is 0 Å². The molecular weight excluding hydrogens is 298 g/mol. The minimum Gasteiger partial charge on any atom is -0.435 e. The smallest absolute Gasteiger partial charge is 0.387 e. The third-order valence-corrected chi connectivity index (χ3v) is 3.49. The highest BCUT2D eigenvalue weighted by Crippen LogP contribution is 2.28. The van der Waals surface area contributed by atoms with Crippen LogP contribution in [-0.4, -0.2) is 16.6 Å². The number of nitrogens with zero attached hydrogens (tertiary/aromatic N) is 2. The van der Waals surface area contributed by atoms with Gasteiger partial charge in [-0.1, -0.05) is 0 Å². The van der Waals surface area contributed by atoms with Gasteiger partial charge in [0.2, 0.25) is 5.95 Å². The number of fused-ring (bicyclic) bond motifs is 1. The van der Waals surface area contributed by atoms with Gasteiger partial charge in [-0.25, -0.2) is 4.98 Å². The molecule has 0 spiro atoms. The summed E-state index contributed by atoms with van der Waals surface area (Å²) in [7, 11) is 0. The van der Waals surface area contributed by atoms with Crippen molar-refractivity contribution in [3.63, 3.8) is 0 Å². The molecule has 0 saturated carbocycles. The minimum absolute atomic E-state index is 0.0958. The van der Waals surface area contributed by atoms with Crippen molar-refractivity contribution in [2.75, 3.05) is 11.1 Å². The number of benzene rings is 1. The normalized spacial score (nSPS) is 11.0.